The minimum Gasteiger partial charge on any atom is -0.497 e. The second kappa shape index (κ2) is 7.88. The highest BCUT2D eigenvalue weighted by atomic mass is 16.5. The van der Waals surface area contributed by atoms with Gasteiger partial charge in [-0.2, -0.15) is 0 Å². The monoisotopic (exact) mass is 291 g/mol. The number of nitrogens with one attached hydrogen (secondary N) is 2. The molecular weight excluding hydrogens is 266 g/mol. The van der Waals surface area contributed by atoms with Crippen LogP contribution < -0.4 is 15.4 Å². The lowest BCUT2D eigenvalue weighted by Gasteiger charge is -2.32. The van der Waals surface area contributed by atoms with E-state index in [0.717, 1.165) is 50.5 Å². The topological polar surface area (TPSA) is 53.6 Å². The number of methoxy groups -OCH3 is 1. The summed E-state index contributed by atoms with van der Waals surface area (Å²) in [7, 11) is 1.62. The fourth-order valence-electron chi connectivity index (χ4n) is 2.59. The van der Waals surface area contributed by atoms with Crippen LogP contribution in [0.4, 0.5) is 10.5 Å². The first-order valence-corrected chi connectivity index (χ1v) is 7.63. The first-order valence-electron chi connectivity index (χ1n) is 7.63. The number of nitrogens with zero attached hydrogens (tertiary/aromatic N) is 1. The second-order valence-electron chi connectivity index (χ2n) is 5.40. The zero-order chi connectivity index (χ0) is 15.1. The molecule has 5 nitrogen and oxygen atoms in total. The Bertz CT molecular complexity index is 457. The third kappa shape index (κ3) is 4.63. The number of carbonyl (C=O) groups is 1. The fourth-order valence-corrected chi connectivity index (χ4v) is 2.59. The third-order valence-electron chi connectivity index (χ3n) is 3.91. The number of urea groups is 1. The average molecular weight is 291 g/mol. The molecule has 1 heterocycles. The molecule has 0 spiro atoms. The molecule has 1 aromatic carbocycles. The van der Waals surface area contributed by atoms with Gasteiger partial charge in [-0.15, -0.1) is 0 Å². The van der Waals surface area contributed by atoms with Crippen LogP contribution >= 0.6 is 0 Å². The molecule has 0 aromatic heterocycles. The van der Waals surface area contributed by atoms with Crippen LogP contribution in [0, 0.1) is 5.92 Å². The van der Waals surface area contributed by atoms with E-state index in [1.165, 1.54) is 0 Å². The zero-order valence-electron chi connectivity index (χ0n) is 12.9. The summed E-state index contributed by atoms with van der Waals surface area (Å²) >= 11 is 0. The number of ether oxygens (including phenoxy) is 1. The number of anilines is 1. The largest absolute Gasteiger partial charge is 0.497 e. The Balaban J connectivity index is 1.81. The van der Waals surface area contributed by atoms with Crippen LogP contribution in [-0.4, -0.2) is 44.2 Å². The number of hydrogen-bond donors (Lipinski definition) is 2. The molecule has 2 N–H and O–H groups in total. The van der Waals surface area contributed by atoms with E-state index in [9.17, 15) is 4.79 Å². The maximum atomic E-state index is 12.2. The van der Waals surface area contributed by atoms with E-state index in [4.69, 9.17) is 4.74 Å². The predicted octanol–water partition coefficient (Wildman–Crippen LogP) is 2.55. The van der Waals surface area contributed by atoms with Crippen molar-refractivity contribution in [2.45, 2.75) is 19.8 Å². The van der Waals surface area contributed by atoms with E-state index in [0.29, 0.717) is 5.92 Å². The molecule has 0 aliphatic carbocycles. The Morgan fingerprint density at radius 2 is 2.14 bits per heavy atom. The van der Waals surface area contributed by atoms with Crippen molar-refractivity contribution >= 4 is 11.7 Å². The van der Waals surface area contributed by atoms with Gasteiger partial charge in [0.15, 0.2) is 0 Å². The SMILES string of the molecule is CCNCC1CCN(C(=O)Nc2cccc(OC)c2)CC1. The van der Waals surface area contributed by atoms with Gasteiger partial charge in [-0.1, -0.05) is 13.0 Å². The molecule has 2 rings (SSSR count). The van der Waals surface area contributed by atoms with E-state index in [-0.39, 0.29) is 6.03 Å². The quantitative estimate of drug-likeness (QED) is 0.876. The van der Waals surface area contributed by atoms with Crippen molar-refractivity contribution in [1.29, 1.82) is 0 Å². The first-order chi connectivity index (χ1) is 10.2. The molecule has 0 radical (unpaired) electrons. The number of carbonyl (C=O) groups excluding carboxylic acids is 1. The molecule has 0 saturated carbocycles. The first kappa shape index (κ1) is 15.6. The van der Waals surface area contributed by atoms with Crippen molar-refractivity contribution in [2.75, 3.05) is 38.6 Å². The molecular formula is C16H25N3O2. The van der Waals surface area contributed by atoms with Crippen molar-refractivity contribution < 1.29 is 9.53 Å². The molecule has 2 amide bonds. The van der Waals surface area contributed by atoms with Crippen molar-refractivity contribution in [2.24, 2.45) is 5.92 Å². The highest BCUT2D eigenvalue weighted by Gasteiger charge is 2.22. The Labute approximate surface area is 126 Å². The molecule has 1 fully saturated rings. The number of likely N-dealkylation sites (tertiary alicyclic amines) is 1. The number of benzene rings is 1. The minimum atomic E-state index is -0.0230. The van der Waals surface area contributed by atoms with Crippen molar-refractivity contribution in [3.05, 3.63) is 24.3 Å². The molecule has 5 heteroatoms. The van der Waals surface area contributed by atoms with Crippen LogP contribution in [-0.2, 0) is 0 Å². The molecule has 116 valence electrons. The van der Waals surface area contributed by atoms with Gasteiger partial charge in [0.05, 0.1) is 7.11 Å². The van der Waals surface area contributed by atoms with Crippen LogP contribution in [0.5, 0.6) is 5.75 Å². The summed E-state index contributed by atoms with van der Waals surface area (Å²) in [6.45, 7) is 5.84. The lowest BCUT2D eigenvalue weighted by Crippen LogP contribution is -2.42. The van der Waals surface area contributed by atoms with Gasteiger partial charge in [-0.25, -0.2) is 4.79 Å². The maximum absolute atomic E-state index is 12.2. The summed E-state index contributed by atoms with van der Waals surface area (Å²) in [4.78, 5) is 14.1. The lowest BCUT2D eigenvalue weighted by atomic mass is 9.97. The lowest BCUT2D eigenvalue weighted by molar-refractivity contribution is 0.182. The van der Waals surface area contributed by atoms with E-state index in [1.807, 2.05) is 29.2 Å². The molecule has 21 heavy (non-hydrogen) atoms. The van der Waals surface area contributed by atoms with E-state index in [2.05, 4.69) is 17.6 Å². The predicted molar refractivity (Wildman–Crippen MR) is 84.9 cm³/mol. The summed E-state index contributed by atoms with van der Waals surface area (Å²) < 4.78 is 5.16. The minimum absolute atomic E-state index is 0.0230. The van der Waals surface area contributed by atoms with Gasteiger partial charge < -0.3 is 20.3 Å². The maximum Gasteiger partial charge on any atom is 0.321 e. The fraction of sp³-hybridized carbons (Fsp3) is 0.562. The summed E-state index contributed by atoms with van der Waals surface area (Å²) in [6.07, 6.45) is 2.14. The normalized spacial score (nSPS) is 15.8. The summed E-state index contributed by atoms with van der Waals surface area (Å²) in [5.41, 5.74) is 0.772. The van der Waals surface area contributed by atoms with Gasteiger partial charge in [-0.3, -0.25) is 0 Å². The van der Waals surface area contributed by atoms with E-state index in [1.54, 1.807) is 7.11 Å². The number of rotatable bonds is 5. The highest BCUT2D eigenvalue weighted by molar-refractivity contribution is 5.89. The Hall–Kier alpha value is -1.75. The molecule has 1 aromatic rings. The van der Waals surface area contributed by atoms with E-state index < -0.39 is 0 Å². The summed E-state index contributed by atoms with van der Waals surface area (Å²) in [5.74, 6) is 1.43. The van der Waals surface area contributed by atoms with Gasteiger partial charge in [0, 0.05) is 24.8 Å². The molecule has 1 saturated heterocycles. The van der Waals surface area contributed by atoms with Crippen LogP contribution in [0.2, 0.25) is 0 Å². The van der Waals surface area contributed by atoms with Gasteiger partial charge in [0.1, 0.15) is 5.75 Å². The van der Waals surface area contributed by atoms with Crippen LogP contribution in [0.3, 0.4) is 0 Å². The van der Waals surface area contributed by atoms with Gasteiger partial charge in [-0.05, 0) is 44.0 Å². The van der Waals surface area contributed by atoms with Gasteiger partial charge in [0.25, 0.3) is 0 Å². The molecule has 0 atom stereocenters. The highest BCUT2D eigenvalue weighted by Crippen LogP contribution is 2.20. The molecule has 1 aliphatic rings. The van der Waals surface area contributed by atoms with Crippen molar-refractivity contribution in [3.8, 4) is 5.75 Å². The smallest absolute Gasteiger partial charge is 0.321 e. The molecule has 1 aliphatic heterocycles. The Morgan fingerprint density at radius 1 is 1.38 bits per heavy atom. The number of amides is 2. The van der Waals surface area contributed by atoms with Crippen molar-refractivity contribution in [1.82, 2.24) is 10.2 Å². The summed E-state index contributed by atoms with van der Waals surface area (Å²) in [6, 6.07) is 7.41. The van der Waals surface area contributed by atoms with Crippen molar-refractivity contribution in [3.63, 3.8) is 0 Å². The van der Waals surface area contributed by atoms with Gasteiger partial charge in [0.2, 0.25) is 0 Å². The average Bonchev–Trinajstić information content (AvgIpc) is 2.53. The zero-order valence-corrected chi connectivity index (χ0v) is 12.9. The van der Waals surface area contributed by atoms with Crippen LogP contribution in [0.1, 0.15) is 19.8 Å². The van der Waals surface area contributed by atoms with Crippen LogP contribution in [0.15, 0.2) is 24.3 Å². The second-order valence-corrected chi connectivity index (χ2v) is 5.40. The van der Waals surface area contributed by atoms with Gasteiger partial charge >= 0.3 is 6.03 Å². The standard InChI is InChI=1S/C16H25N3O2/c1-3-17-12-13-7-9-19(10-8-13)16(20)18-14-5-4-6-15(11-14)21-2/h4-6,11,13,17H,3,7-10,12H2,1-2H3,(H,18,20). The number of piperidine rings is 1. The third-order valence-corrected chi connectivity index (χ3v) is 3.91. The Kier molecular flexibility index (Phi) is 5.87. The summed E-state index contributed by atoms with van der Waals surface area (Å²) in [5, 5.41) is 6.32. The van der Waals surface area contributed by atoms with Crippen LogP contribution in [0.25, 0.3) is 0 Å². The molecule has 0 unspecified atom stereocenters. The Morgan fingerprint density at radius 3 is 2.81 bits per heavy atom. The number of hydrogen-bond acceptors (Lipinski definition) is 3. The van der Waals surface area contributed by atoms with E-state index >= 15 is 0 Å². The molecule has 0 bridgehead atoms.